The summed E-state index contributed by atoms with van der Waals surface area (Å²) in [5.41, 5.74) is 0.856. The van der Waals surface area contributed by atoms with Crippen LogP contribution in [-0.2, 0) is 20.7 Å². The van der Waals surface area contributed by atoms with Crippen LogP contribution in [0, 0.1) is 0 Å². The molecule has 2 heterocycles. The van der Waals surface area contributed by atoms with Crippen molar-refractivity contribution in [3.05, 3.63) is 34.9 Å². The highest BCUT2D eigenvalue weighted by atomic mass is 35.5. The molecule has 124 valence electrons. The summed E-state index contributed by atoms with van der Waals surface area (Å²) in [4.78, 5) is 28.2. The molecule has 0 N–H and O–H groups in total. The van der Waals surface area contributed by atoms with Gasteiger partial charge in [-0.25, -0.2) is 0 Å². The number of piperazine rings is 1. The van der Waals surface area contributed by atoms with Crippen LogP contribution >= 0.6 is 11.6 Å². The Morgan fingerprint density at radius 3 is 2.57 bits per heavy atom. The second-order valence-electron chi connectivity index (χ2n) is 6.18. The van der Waals surface area contributed by atoms with Crippen molar-refractivity contribution in [1.29, 1.82) is 0 Å². The Balaban J connectivity index is 1.54. The summed E-state index contributed by atoms with van der Waals surface area (Å²) in [6.07, 6.45) is 1.06. The van der Waals surface area contributed by atoms with Crippen molar-refractivity contribution < 1.29 is 14.3 Å². The summed E-state index contributed by atoms with van der Waals surface area (Å²) in [5, 5.41) is 0.627. The minimum atomic E-state index is -0.147. The fraction of sp³-hybridized carbons (Fsp3) is 0.529. The normalized spacial score (nSPS) is 25.5. The molecular formula is C17H21ClN2O3. The van der Waals surface area contributed by atoms with E-state index in [1.807, 2.05) is 30.0 Å². The zero-order chi connectivity index (χ0) is 16.4. The number of cyclic esters (lactones) is 1. The number of halogens is 1. The summed E-state index contributed by atoms with van der Waals surface area (Å²) in [6, 6.07) is 7.28. The Labute approximate surface area is 141 Å². The first-order valence-corrected chi connectivity index (χ1v) is 8.38. The molecule has 1 aromatic carbocycles. The summed E-state index contributed by atoms with van der Waals surface area (Å²) < 4.78 is 5.22. The molecule has 0 saturated carbocycles. The fourth-order valence-corrected chi connectivity index (χ4v) is 3.44. The van der Waals surface area contributed by atoms with E-state index in [1.54, 1.807) is 6.07 Å². The third-order valence-corrected chi connectivity index (χ3v) is 4.92. The van der Waals surface area contributed by atoms with Crippen LogP contribution in [0.3, 0.4) is 0 Å². The topological polar surface area (TPSA) is 49.9 Å². The van der Waals surface area contributed by atoms with E-state index >= 15 is 0 Å². The van der Waals surface area contributed by atoms with Crippen molar-refractivity contribution in [2.75, 3.05) is 26.2 Å². The molecule has 5 nitrogen and oxygen atoms in total. The lowest BCUT2D eigenvalue weighted by Crippen LogP contribution is -2.53. The van der Waals surface area contributed by atoms with Crippen molar-refractivity contribution >= 4 is 23.5 Å². The molecule has 2 atom stereocenters. The molecule has 0 bridgehead atoms. The summed E-state index contributed by atoms with van der Waals surface area (Å²) in [6.45, 7) is 4.62. The van der Waals surface area contributed by atoms with Crippen LogP contribution in [0.2, 0.25) is 5.02 Å². The smallest absolute Gasteiger partial charge is 0.323 e. The highest BCUT2D eigenvalue weighted by molar-refractivity contribution is 6.31. The third-order valence-electron chi connectivity index (χ3n) is 4.55. The minimum absolute atomic E-state index is 0.00705. The molecule has 2 aliphatic rings. The Bertz CT molecular complexity index is 599. The SMILES string of the molecule is C[C@H]1C[C@@H](N2CCN(C(=O)Cc3ccccc3Cl)CC2)C(=O)O1. The number of carbonyl (C=O) groups is 2. The second kappa shape index (κ2) is 6.89. The first-order chi connectivity index (χ1) is 11.0. The molecule has 6 heteroatoms. The van der Waals surface area contributed by atoms with Gasteiger partial charge >= 0.3 is 5.97 Å². The number of ether oxygens (including phenoxy) is 1. The summed E-state index contributed by atoms with van der Waals surface area (Å²) in [5.74, 6) is -0.0477. The first kappa shape index (κ1) is 16.3. The number of rotatable bonds is 3. The van der Waals surface area contributed by atoms with E-state index in [9.17, 15) is 9.59 Å². The van der Waals surface area contributed by atoms with Crippen molar-refractivity contribution in [3.63, 3.8) is 0 Å². The Kier molecular flexibility index (Phi) is 4.87. The van der Waals surface area contributed by atoms with Crippen LogP contribution in [0.1, 0.15) is 18.9 Å². The molecule has 0 aromatic heterocycles. The van der Waals surface area contributed by atoms with Gasteiger partial charge in [0.15, 0.2) is 0 Å². The Hall–Kier alpha value is -1.59. The van der Waals surface area contributed by atoms with E-state index in [1.165, 1.54) is 0 Å². The molecular weight excluding hydrogens is 316 g/mol. The van der Waals surface area contributed by atoms with Crippen LogP contribution in [0.5, 0.6) is 0 Å². The lowest BCUT2D eigenvalue weighted by molar-refractivity contribution is -0.145. The predicted molar refractivity (Wildman–Crippen MR) is 87.3 cm³/mol. The van der Waals surface area contributed by atoms with Gasteiger partial charge in [0.05, 0.1) is 6.42 Å². The molecule has 2 fully saturated rings. The fourth-order valence-electron chi connectivity index (χ4n) is 3.23. The van der Waals surface area contributed by atoms with Gasteiger partial charge < -0.3 is 9.64 Å². The van der Waals surface area contributed by atoms with Gasteiger partial charge in [-0.05, 0) is 18.6 Å². The highest BCUT2D eigenvalue weighted by Crippen LogP contribution is 2.22. The quantitative estimate of drug-likeness (QED) is 0.789. The van der Waals surface area contributed by atoms with Crippen molar-refractivity contribution in [3.8, 4) is 0 Å². The number of carbonyl (C=O) groups excluding carboxylic acids is 2. The van der Waals surface area contributed by atoms with Crippen molar-refractivity contribution in [2.24, 2.45) is 0 Å². The van der Waals surface area contributed by atoms with Crippen LogP contribution in [0.4, 0.5) is 0 Å². The monoisotopic (exact) mass is 336 g/mol. The lowest BCUT2D eigenvalue weighted by atomic mass is 10.1. The van der Waals surface area contributed by atoms with Gasteiger partial charge in [-0.3, -0.25) is 14.5 Å². The molecule has 0 aliphatic carbocycles. The Morgan fingerprint density at radius 1 is 1.26 bits per heavy atom. The van der Waals surface area contributed by atoms with Gasteiger partial charge in [-0.1, -0.05) is 29.8 Å². The number of hydrogen-bond donors (Lipinski definition) is 0. The van der Waals surface area contributed by atoms with Crippen molar-refractivity contribution in [1.82, 2.24) is 9.80 Å². The van der Waals surface area contributed by atoms with Gasteiger partial charge in [0.1, 0.15) is 12.1 Å². The maximum absolute atomic E-state index is 12.4. The van der Waals surface area contributed by atoms with E-state index in [4.69, 9.17) is 16.3 Å². The van der Waals surface area contributed by atoms with E-state index in [2.05, 4.69) is 4.90 Å². The van der Waals surface area contributed by atoms with Gasteiger partial charge in [-0.15, -0.1) is 0 Å². The van der Waals surface area contributed by atoms with Crippen LogP contribution in [0.15, 0.2) is 24.3 Å². The molecule has 3 rings (SSSR count). The molecule has 0 unspecified atom stereocenters. The standard InChI is InChI=1S/C17H21ClN2O3/c1-12-10-15(17(22)23-12)19-6-8-20(9-7-19)16(21)11-13-4-2-3-5-14(13)18/h2-5,12,15H,6-11H2,1H3/t12-,15+/m0/s1. The molecule has 2 saturated heterocycles. The lowest BCUT2D eigenvalue weighted by Gasteiger charge is -2.36. The molecule has 2 aliphatic heterocycles. The summed E-state index contributed by atoms with van der Waals surface area (Å²) >= 11 is 6.12. The average Bonchev–Trinajstić information content (AvgIpc) is 2.88. The number of esters is 1. The molecule has 1 aromatic rings. The Morgan fingerprint density at radius 2 is 1.96 bits per heavy atom. The number of amides is 1. The zero-order valence-electron chi connectivity index (χ0n) is 13.2. The first-order valence-electron chi connectivity index (χ1n) is 8.00. The molecule has 23 heavy (non-hydrogen) atoms. The van der Waals surface area contributed by atoms with Gasteiger partial charge in [0.2, 0.25) is 5.91 Å². The van der Waals surface area contributed by atoms with Crippen LogP contribution in [-0.4, -0.2) is 60.0 Å². The van der Waals surface area contributed by atoms with E-state index in [-0.39, 0.29) is 24.0 Å². The molecule has 0 radical (unpaired) electrons. The maximum Gasteiger partial charge on any atom is 0.323 e. The maximum atomic E-state index is 12.4. The van der Waals surface area contributed by atoms with Gasteiger partial charge in [0.25, 0.3) is 0 Å². The third kappa shape index (κ3) is 3.67. The zero-order valence-corrected chi connectivity index (χ0v) is 14.0. The average molecular weight is 337 g/mol. The minimum Gasteiger partial charge on any atom is -0.461 e. The van der Waals surface area contributed by atoms with Gasteiger partial charge in [-0.2, -0.15) is 0 Å². The highest BCUT2D eigenvalue weighted by Gasteiger charge is 2.38. The van der Waals surface area contributed by atoms with Gasteiger partial charge in [0, 0.05) is 37.6 Å². The number of nitrogens with zero attached hydrogens (tertiary/aromatic N) is 2. The number of benzene rings is 1. The van der Waals surface area contributed by atoms with Crippen LogP contribution in [0.25, 0.3) is 0 Å². The van der Waals surface area contributed by atoms with E-state index < -0.39 is 0 Å². The van der Waals surface area contributed by atoms with E-state index in [0.29, 0.717) is 37.6 Å². The summed E-state index contributed by atoms with van der Waals surface area (Å²) in [7, 11) is 0. The molecule has 1 amide bonds. The predicted octanol–water partition coefficient (Wildman–Crippen LogP) is 1.73. The van der Waals surface area contributed by atoms with E-state index in [0.717, 1.165) is 12.0 Å². The molecule has 0 spiro atoms. The van der Waals surface area contributed by atoms with Crippen molar-refractivity contribution in [2.45, 2.75) is 31.9 Å². The second-order valence-corrected chi connectivity index (χ2v) is 6.59. The number of hydrogen-bond acceptors (Lipinski definition) is 4. The van der Waals surface area contributed by atoms with Crippen LogP contribution < -0.4 is 0 Å². The largest absolute Gasteiger partial charge is 0.461 e.